The van der Waals surface area contributed by atoms with Crippen LogP contribution in [0.25, 0.3) is 0 Å². The van der Waals surface area contributed by atoms with E-state index < -0.39 is 0 Å². The molecule has 25 heavy (non-hydrogen) atoms. The molecule has 7 heteroatoms. The molecule has 0 radical (unpaired) electrons. The van der Waals surface area contributed by atoms with Crippen LogP contribution in [0.5, 0.6) is 0 Å². The molecule has 0 rings (SSSR count). The van der Waals surface area contributed by atoms with E-state index in [1.54, 1.807) is 0 Å². The molecule has 0 aromatic heterocycles. The topological polar surface area (TPSA) is 83.5 Å². The summed E-state index contributed by atoms with van der Waals surface area (Å²) in [5, 5.41) is 8.33. The fourth-order valence-electron chi connectivity index (χ4n) is 2.21. The standard InChI is InChI=1S/C18H36O7/c1-2-3-4-5-6-7-8-9-10-11-18(20)25-13-12-21-15-23-17-24-16-22-14-19/h19H,2-17H2,1H3. The van der Waals surface area contributed by atoms with Crippen molar-refractivity contribution in [3.8, 4) is 0 Å². The Labute approximate surface area is 151 Å². The highest BCUT2D eigenvalue weighted by Crippen LogP contribution is 2.10. The lowest BCUT2D eigenvalue weighted by Gasteiger charge is -2.07. The van der Waals surface area contributed by atoms with Crippen molar-refractivity contribution in [3.63, 3.8) is 0 Å². The molecule has 0 spiro atoms. The van der Waals surface area contributed by atoms with Crippen molar-refractivity contribution in [1.29, 1.82) is 0 Å². The quantitative estimate of drug-likeness (QED) is 0.201. The largest absolute Gasteiger partial charge is 0.463 e. The van der Waals surface area contributed by atoms with E-state index in [0.717, 1.165) is 12.8 Å². The van der Waals surface area contributed by atoms with Gasteiger partial charge in [-0.2, -0.15) is 0 Å². The van der Waals surface area contributed by atoms with Crippen molar-refractivity contribution in [2.75, 3.05) is 40.4 Å². The fourth-order valence-corrected chi connectivity index (χ4v) is 2.21. The van der Waals surface area contributed by atoms with E-state index in [0.29, 0.717) is 6.42 Å². The van der Waals surface area contributed by atoms with Gasteiger partial charge in [0.15, 0.2) is 13.6 Å². The first-order valence-electron chi connectivity index (χ1n) is 9.38. The molecule has 0 atom stereocenters. The van der Waals surface area contributed by atoms with E-state index in [-0.39, 0.29) is 46.4 Å². The first kappa shape index (κ1) is 24.3. The molecule has 0 aliphatic rings. The molecule has 0 aromatic carbocycles. The molecule has 0 aliphatic carbocycles. The summed E-state index contributed by atoms with van der Waals surface area (Å²) in [6.45, 7) is 2.39. The zero-order chi connectivity index (χ0) is 18.4. The maximum Gasteiger partial charge on any atom is 0.305 e. The first-order chi connectivity index (χ1) is 12.3. The van der Waals surface area contributed by atoms with Crippen LogP contribution < -0.4 is 0 Å². The molecular formula is C18H36O7. The van der Waals surface area contributed by atoms with Crippen LogP contribution in [0.4, 0.5) is 0 Å². The van der Waals surface area contributed by atoms with E-state index in [9.17, 15) is 4.79 Å². The third kappa shape index (κ3) is 21.2. The SMILES string of the molecule is CCCCCCCCCCCC(=O)OCCOCOCOCOCO. The van der Waals surface area contributed by atoms with Crippen LogP contribution in [0.1, 0.15) is 71.1 Å². The van der Waals surface area contributed by atoms with E-state index in [2.05, 4.69) is 11.7 Å². The maximum absolute atomic E-state index is 11.5. The lowest BCUT2D eigenvalue weighted by Crippen LogP contribution is -2.13. The van der Waals surface area contributed by atoms with Crippen molar-refractivity contribution in [1.82, 2.24) is 0 Å². The minimum Gasteiger partial charge on any atom is -0.463 e. The molecule has 0 aromatic rings. The summed E-state index contributed by atoms with van der Waals surface area (Å²) in [4.78, 5) is 11.5. The van der Waals surface area contributed by atoms with Gasteiger partial charge in [-0.05, 0) is 6.42 Å². The number of rotatable bonds is 20. The van der Waals surface area contributed by atoms with Crippen LogP contribution in [0.3, 0.4) is 0 Å². The van der Waals surface area contributed by atoms with Crippen LogP contribution >= 0.6 is 0 Å². The van der Waals surface area contributed by atoms with Crippen LogP contribution in [0.15, 0.2) is 0 Å². The zero-order valence-corrected chi connectivity index (χ0v) is 15.7. The average molecular weight is 364 g/mol. The third-order valence-corrected chi connectivity index (χ3v) is 3.57. The van der Waals surface area contributed by atoms with Crippen LogP contribution in [0, 0.1) is 0 Å². The fraction of sp³-hybridized carbons (Fsp3) is 0.944. The summed E-state index contributed by atoms with van der Waals surface area (Å²) in [5.41, 5.74) is 0. The van der Waals surface area contributed by atoms with Gasteiger partial charge in [0.2, 0.25) is 0 Å². The Balaban J connectivity index is 3.13. The second kappa shape index (κ2) is 21.3. The van der Waals surface area contributed by atoms with Gasteiger partial charge in [-0.15, -0.1) is 0 Å². The monoisotopic (exact) mass is 364 g/mol. The van der Waals surface area contributed by atoms with Gasteiger partial charge in [0.1, 0.15) is 20.2 Å². The molecule has 0 saturated heterocycles. The van der Waals surface area contributed by atoms with Gasteiger partial charge < -0.3 is 28.8 Å². The third-order valence-electron chi connectivity index (χ3n) is 3.57. The number of carbonyl (C=O) groups is 1. The normalized spacial score (nSPS) is 11.0. The zero-order valence-electron chi connectivity index (χ0n) is 15.7. The molecular weight excluding hydrogens is 328 g/mol. The summed E-state index contributed by atoms with van der Waals surface area (Å²) in [7, 11) is 0. The second-order valence-corrected chi connectivity index (χ2v) is 5.80. The van der Waals surface area contributed by atoms with Crippen molar-refractivity contribution < 1.29 is 33.6 Å². The summed E-state index contributed by atoms with van der Waals surface area (Å²) in [6, 6.07) is 0. The summed E-state index contributed by atoms with van der Waals surface area (Å²) >= 11 is 0. The average Bonchev–Trinajstić information content (AvgIpc) is 2.62. The summed E-state index contributed by atoms with van der Waals surface area (Å²) < 4.78 is 24.5. The molecule has 0 aliphatic heterocycles. The Morgan fingerprint density at radius 2 is 1.28 bits per heavy atom. The summed E-state index contributed by atoms with van der Waals surface area (Å²) in [5.74, 6) is -0.169. The van der Waals surface area contributed by atoms with Crippen LogP contribution in [0.2, 0.25) is 0 Å². The highest BCUT2D eigenvalue weighted by molar-refractivity contribution is 5.69. The summed E-state index contributed by atoms with van der Waals surface area (Å²) in [6.07, 6.45) is 11.5. The van der Waals surface area contributed by atoms with Crippen molar-refractivity contribution in [2.45, 2.75) is 71.1 Å². The van der Waals surface area contributed by atoms with Gasteiger partial charge in [-0.3, -0.25) is 4.79 Å². The molecule has 0 unspecified atom stereocenters. The molecule has 0 saturated carbocycles. The van der Waals surface area contributed by atoms with Gasteiger partial charge in [0.25, 0.3) is 0 Å². The Morgan fingerprint density at radius 1 is 0.720 bits per heavy atom. The highest BCUT2D eigenvalue weighted by atomic mass is 16.8. The lowest BCUT2D eigenvalue weighted by atomic mass is 10.1. The molecule has 7 nitrogen and oxygen atoms in total. The Bertz CT molecular complexity index is 274. The van der Waals surface area contributed by atoms with Crippen molar-refractivity contribution >= 4 is 5.97 Å². The van der Waals surface area contributed by atoms with Gasteiger partial charge >= 0.3 is 5.97 Å². The predicted octanol–water partition coefficient (Wildman–Crippen LogP) is 3.34. The molecule has 0 heterocycles. The van der Waals surface area contributed by atoms with E-state index in [4.69, 9.17) is 24.1 Å². The number of carbonyl (C=O) groups excluding carboxylic acids is 1. The highest BCUT2D eigenvalue weighted by Gasteiger charge is 2.02. The Kier molecular flexibility index (Phi) is 20.7. The Morgan fingerprint density at radius 3 is 1.92 bits per heavy atom. The van der Waals surface area contributed by atoms with Gasteiger partial charge in [-0.25, -0.2) is 0 Å². The first-order valence-corrected chi connectivity index (χ1v) is 9.38. The number of esters is 1. The number of hydrogen-bond acceptors (Lipinski definition) is 7. The number of hydrogen-bond donors (Lipinski definition) is 1. The van der Waals surface area contributed by atoms with E-state index in [1.807, 2.05) is 0 Å². The van der Waals surface area contributed by atoms with Gasteiger partial charge in [0, 0.05) is 6.42 Å². The molecule has 0 amide bonds. The molecule has 0 fully saturated rings. The van der Waals surface area contributed by atoms with Crippen LogP contribution in [-0.2, 0) is 28.5 Å². The molecule has 150 valence electrons. The number of aliphatic hydroxyl groups is 1. The van der Waals surface area contributed by atoms with Gasteiger partial charge in [-0.1, -0.05) is 58.3 Å². The second-order valence-electron chi connectivity index (χ2n) is 5.80. The predicted molar refractivity (Wildman–Crippen MR) is 93.7 cm³/mol. The minimum absolute atomic E-state index is 0.0123. The van der Waals surface area contributed by atoms with E-state index >= 15 is 0 Å². The molecule has 1 N–H and O–H groups in total. The molecule has 0 bridgehead atoms. The van der Waals surface area contributed by atoms with Crippen molar-refractivity contribution in [2.24, 2.45) is 0 Å². The lowest BCUT2D eigenvalue weighted by molar-refractivity contribution is -0.187. The van der Waals surface area contributed by atoms with Crippen molar-refractivity contribution in [3.05, 3.63) is 0 Å². The minimum atomic E-state index is -0.388. The smallest absolute Gasteiger partial charge is 0.305 e. The number of ether oxygens (including phenoxy) is 5. The Hall–Kier alpha value is -0.730. The van der Waals surface area contributed by atoms with Crippen LogP contribution in [-0.4, -0.2) is 51.5 Å². The number of unbranched alkanes of at least 4 members (excludes halogenated alkanes) is 8. The van der Waals surface area contributed by atoms with Gasteiger partial charge in [0.05, 0.1) is 6.61 Å². The number of aliphatic hydroxyl groups excluding tert-OH is 1. The van der Waals surface area contributed by atoms with E-state index in [1.165, 1.54) is 44.9 Å². The maximum atomic E-state index is 11.5.